The highest BCUT2D eigenvalue weighted by atomic mass is 32.1. The van der Waals surface area contributed by atoms with Gasteiger partial charge in [0.25, 0.3) is 0 Å². The van der Waals surface area contributed by atoms with Gasteiger partial charge < -0.3 is 5.32 Å². The van der Waals surface area contributed by atoms with Gasteiger partial charge in [0.15, 0.2) is 0 Å². The van der Waals surface area contributed by atoms with Crippen LogP contribution in [0.4, 0.5) is 0 Å². The molecule has 1 unspecified atom stereocenters. The molecule has 0 radical (unpaired) electrons. The molecule has 0 aliphatic heterocycles. The van der Waals surface area contributed by atoms with Crippen molar-refractivity contribution >= 4 is 18.5 Å². The molecular formula is C9H15N3OS. The molecule has 0 aliphatic carbocycles. The largest absolute Gasteiger partial charge is 0.353 e. The molecule has 14 heavy (non-hydrogen) atoms. The van der Waals surface area contributed by atoms with Crippen molar-refractivity contribution in [1.29, 1.82) is 0 Å². The van der Waals surface area contributed by atoms with Crippen LogP contribution in [0.3, 0.4) is 0 Å². The average Bonchev–Trinajstić information content (AvgIpc) is 2.51. The molecular weight excluding hydrogens is 198 g/mol. The fourth-order valence-corrected chi connectivity index (χ4v) is 1.12. The van der Waals surface area contributed by atoms with Gasteiger partial charge in [-0.2, -0.15) is 17.7 Å². The van der Waals surface area contributed by atoms with Crippen LogP contribution in [0.1, 0.15) is 12.5 Å². The number of thiol groups is 1. The Morgan fingerprint density at radius 1 is 1.79 bits per heavy atom. The summed E-state index contributed by atoms with van der Waals surface area (Å²) in [6.45, 7) is 5.01. The predicted molar refractivity (Wildman–Crippen MR) is 58.4 cm³/mol. The first kappa shape index (κ1) is 11.1. The molecule has 0 saturated carbocycles. The Kier molecular flexibility index (Phi) is 4.00. The Balaban J connectivity index is 2.25. The molecule has 0 spiro atoms. The fourth-order valence-electron chi connectivity index (χ4n) is 1.03. The molecule has 0 saturated heterocycles. The fraction of sp³-hybridized carbons (Fsp3) is 0.556. The van der Waals surface area contributed by atoms with E-state index in [9.17, 15) is 4.79 Å². The Hall–Kier alpha value is -0.970. The van der Waals surface area contributed by atoms with Gasteiger partial charge in [0, 0.05) is 12.7 Å². The first-order chi connectivity index (χ1) is 6.59. The number of hydrogen-bond acceptors (Lipinski definition) is 3. The standard InChI is InChI=1S/C9H15N3OS/c1-7-5-11-12(6-7)4-3-10-9(13)8(2)14/h5-6,8,14H,3-4H2,1-2H3,(H,10,13). The van der Waals surface area contributed by atoms with Crippen molar-refractivity contribution in [3.05, 3.63) is 18.0 Å². The quantitative estimate of drug-likeness (QED) is 0.721. The van der Waals surface area contributed by atoms with E-state index in [1.807, 2.05) is 13.1 Å². The zero-order chi connectivity index (χ0) is 10.6. The summed E-state index contributed by atoms with van der Waals surface area (Å²) >= 11 is 4.02. The second-order valence-electron chi connectivity index (χ2n) is 3.25. The number of rotatable bonds is 4. The topological polar surface area (TPSA) is 46.9 Å². The lowest BCUT2D eigenvalue weighted by atomic mass is 10.4. The lowest BCUT2D eigenvalue weighted by Crippen LogP contribution is -2.32. The number of carbonyl (C=O) groups is 1. The molecule has 0 aliphatic rings. The van der Waals surface area contributed by atoms with E-state index in [1.54, 1.807) is 17.8 Å². The summed E-state index contributed by atoms with van der Waals surface area (Å²) < 4.78 is 1.80. The van der Waals surface area contributed by atoms with Crippen LogP contribution in [0.15, 0.2) is 12.4 Å². The summed E-state index contributed by atoms with van der Waals surface area (Å²) in [5.74, 6) is -0.0442. The normalized spacial score (nSPS) is 12.5. The number of hydrogen-bond donors (Lipinski definition) is 2. The van der Waals surface area contributed by atoms with E-state index in [0.29, 0.717) is 13.1 Å². The second-order valence-corrected chi connectivity index (χ2v) is 4.02. The smallest absolute Gasteiger partial charge is 0.232 e. The molecule has 1 aromatic heterocycles. The van der Waals surface area contributed by atoms with Crippen molar-refractivity contribution in [2.45, 2.75) is 25.6 Å². The Morgan fingerprint density at radius 3 is 3.00 bits per heavy atom. The van der Waals surface area contributed by atoms with Crippen molar-refractivity contribution in [2.75, 3.05) is 6.54 Å². The van der Waals surface area contributed by atoms with Crippen LogP contribution in [-0.2, 0) is 11.3 Å². The first-order valence-corrected chi connectivity index (χ1v) is 5.06. The van der Waals surface area contributed by atoms with Crippen molar-refractivity contribution in [1.82, 2.24) is 15.1 Å². The van der Waals surface area contributed by atoms with Crippen LogP contribution < -0.4 is 5.32 Å². The van der Waals surface area contributed by atoms with Gasteiger partial charge in [-0.1, -0.05) is 0 Å². The zero-order valence-corrected chi connectivity index (χ0v) is 9.29. The van der Waals surface area contributed by atoms with E-state index >= 15 is 0 Å². The molecule has 1 N–H and O–H groups in total. The van der Waals surface area contributed by atoms with Crippen molar-refractivity contribution in [2.24, 2.45) is 0 Å². The highest BCUT2D eigenvalue weighted by Gasteiger charge is 2.05. The van der Waals surface area contributed by atoms with Crippen LogP contribution in [-0.4, -0.2) is 27.5 Å². The van der Waals surface area contributed by atoms with Gasteiger partial charge in [-0.25, -0.2) is 0 Å². The maximum Gasteiger partial charge on any atom is 0.232 e. The molecule has 0 aromatic carbocycles. The lowest BCUT2D eigenvalue weighted by Gasteiger charge is -2.06. The maximum absolute atomic E-state index is 11.1. The predicted octanol–water partition coefficient (Wildman–Crippen LogP) is 0.626. The summed E-state index contributed by atoms with van der Waals surface area (Å²) in [5.41, 5.74) is 1.12. The van der Waals surface area contributed by atoms with Gasteiger partial charge >= 0.3 is 0 Å². The Labute approximate surface area is 89.1 Å². The van der Waals surface area contributed by atoms with E-state index in [-0.39, 0.29) is 11.2 Å². The zero-order valence-electron chi connectivity index (χ0n) is 8.40. The molecule has 1 rings (SSSR count). The molecule has 0 bridgehead atoms. The number of aromatic nitrogens is 2. The molecule has 1 amide bonds. The van der Waals surface area contributed by atoms with Crippen LogP contribution in [0, 0.1) is 6.92 Å². The third-order valence-electron chi connectivity index (χ3n) is 1.78. The Morgan fingerprint density at radius 2 is 2.50 bits per heavy atom. The number of nitrogens with zero attached hydrogens (tertiary/aromatic N) is 2. The minimum absolute atomic E-state index is 0.0442. The summed E-state index contributed by atoms with van der Waals surface area (Å²) in [6.07, 6.45) is 3.74. The summed E-state index contributed by atoms with van der Waals surface area (Å²) in [4.78, 5) is 11.1. The molecule has 1 heterocycles. The third kappa shape index (κ3) is 3.41. The first-order valence-electron chi connectivity index (χ1n) is 4.54. The molecule has 5 heteroatoms. The molecule has 0 fully saturated rings. The summed E-state index contributed by atoms with van der Waals surface area (Å²) in [5, 5.41) is 6.61. The summed E-state index contributed by atoms with van der Waals surface area (Å²) in [7, 11) is 0. The van der Waals surface area contributed by atoms with Crippen molar-refractivity contribution < 1.29 is 4.79 Å². The van der Waals surface area contributed by atoms with E-state index < -0.39 is 0 Å². The molecule has 78 valence electrons. The minimum atomic E-state index is -0.255. The summed E-state index contributed by atoms with van der Waals surface area (Å²) in [6, 6.07) is 0. The highest BCUT2D eigenvalue weighted by molar-refractivity contribution is 7.81. The maximum atomic E-state index is 11.1. The SMILES string of the molecule is Cc1cnn(CCNC(=O)C(C)S)c1. The van der Waals surface area contributed by atoms with Crippen molar-refractivity contribution in [3.8, 4) is 0 Å². The lowest BCUT2D eigenvalue weighted by molar-refractivity contribution is -0.120. The Bertz CT molecular complexity index is 309. The number of carbonyl (C=O) groups excluding carboxylic acids is 1. The van der Waals surface area contributed by atoms with E-state index in [1.165, 1.54) is 0 Å². The van der Waals surface area contributed by atoms with Crippen molar-refractivity contribution in [3.63, 3.8) is 0 Å². The van der Waals surface area contributed by atoms with Gasteiger partial charge in [-0.3, -0.25) is 9.48 Å². The van der Waals surface area contributed by atoms with E-state index in [4.69, 9.17) is 0 Å². The van der Waals surface area contributed by atoms with E-state index in [0.717, 1.165) is 5.56 Å². The van der Waals surface area contributed by atoms with Crippen LogP contribution in [0.5, 0.6) is 0 Å². The van der Waals surface area contributed by atoms with Gasteiger partial charge in [0.1, 0.15) is 0 Å². The van der Waals surface area contributed by atoms with Crippen LogP contribution in [0.2, 0.25) is 0 Å². The third-order valence-corrected chi connectivity index (χ3v) is 2.02. The van der Waals surface area contributed by atoms with Crippen LogP contribution in [0.25, 0.3) is 0 Å². The van der Waals surface area contributed by atoms with Gasteiger partial charge in [-0.05, 0) is 19.4 Å². The minimum Gasteiger partial charge on any atom is -0.353 e. The molecule has 1 atom stereocenters. The molecule has 1 aromatic rings. The number of nitrogens with one attached hydrogen (secondary N) is 1. The van der Waals surface area contributed by atoms with Gasteiger partial charge in [0.05, 0.1) is 18.0 Å². The van der Waals surface area contributed by atoms with Gasteiger partial charge in [-0.15, -0.1) is 0 Å². The number of amides is 1. The van der Waals surface area contributed by atoms with Gasteiger partial charge in [0.2, 0.25) is 5.91 Å². The van der Waals surface area contributed by atoms with E-state index in [2.05, 4.69) is 23.0 Å². The molecule has 4 nitrogen and oxygen atoms in total. The highest BCUT2D eigenvalue weighted by Crippen LogP contribution is 1.94. The average molecular weight is 213 g/mol. The van der Waals surface area contributed by atoms with Crippen LogP contribution >= 0.6 is 12.6 Å². The second kappa shape index (κ2) is 5.05. The monoisotopic (exact) mass is 213 g/mol. The number of aryl methyl sites for hydroxylation is 1.